The van der Waals surface area contributed by atoms with Gasteiger partial charge < -0.3 is 4.74 Å². The molecule has 7 heteroatoms. The summed E-state index contributed by atoms with van der Waals surface area (Å²) in [5.74, 6) is -0.249. The Balaban J connectivity index is 2.22. The lowest BCUT2D eigenvalue weighted by Crippen LogP contribution is -2.27. The number of benzene rings is 1. The van der Waals surface area contributed by atoms with Crippen molar-refractivity contribution in [3.05, 3.63) is 38.5 Å². The van der Waals surface area contributed by atoms with Crippen LogP contribution in [-0.2, 0) is 13.1 Å². The average Bonchev–Trinajstić information content (AvgIpc) is 2.75. The molecule has 0 radical (unpaired) electrons. The number of aromatic nitrogens is 2. The second-order valence-electron chi connectivity index (χ2n) is 5.12. The molecule has 0 atom stereocenters. The SMILES string of the molecule is CCOc1cc(-c2c(Cl)n3n(c2=O)CCCC3)c(F)cc1Cl. The minimum absolute atomic E-state index is 0.122. The van der Waals surface area contributed by atoms with Crippen molar-refractivity contribution < 1.29 is 9.13 Å². The van der Waals surface area contributed by atoms with Crippen LogP contribution in [0.5, 0.6) is 5.75 Å². The van der Waals surface area contributed by atoms with Crippen molar-refractivity contribution in [1.82, 2.24) is 9.36 Å². The number of halogens is 3. The minimum Gasteiger partial charge on any atom is -0.492 e. The summed E-state index contributed by atoms with van der Waals surface area (Å²) >= 11 is 12.3. The van der Waals surface area contributed by atoms with E-state index in [9.17, 15) is 9.18 Å². The summed E-state index contributed by atoms with van der Waals surface area (Å²) in [4.78, 5) is 12.6. The zero-order chi connectivity index (χ0) is 15.9. The molecule has 0 unspecified atom stereocenters. The minimum atomic E-state index is -0.587. The molecule has 0 saturated carbocycles. The van der Waals surface area contributed by atoms with Crippen LogP contribution in [-0.4, -0.2) is 16.0 Å². The van der Waals surface area contributed by atoms with Crippen LogP contribution >= 0.6 is 23.2 Å². The Morgan fingerprint density at radius 3 is 2.55 bits per heavy atom. The van der Waals surface area contributed by atoms with Crippen molar-refractivity contribution in [2.45, 2.75) is 32.9 Å². The van der Waals surface area contributed by atoms with E-state index in [0.717, 1.165) is 18.9 Å². The van der Waals surface area contributed by atoms with Crippen LogP contribution in [0.4, 0.5) is 4.39 Å². The molecule has 4 nitrogen and oxygen atoms in total. The number of rotatable bonds is 3. The number of hydrogen-bond acceptors (Lipinski definition) is 2. The normalized spacial score (nSPS) is 14.0. The molecular formula is C15H15Cl2FN2O2. The van der Waals surface area contributed by atoms with Gasteiger partial charge in [0.25, 0.3) is 5.56 Å². The zero-order valence-corrected chi connectivity index (χ0v) is 13.5. The summed E-state index contributed by atoms with van der Waals surface area (Å²) in [6.45, 7) is 3.44. The Kier molecular flexibility index (Phi) is 4.19. The van der Waals surface area contributed by atoms with Crippen molar-refractivity contribution in [1.29, 1.82) is 0 Å². The van der Waals surface area contributed by atoms with Gasteiger partial charge in [0.2, 0.25) is 0 Å². The van der Waals surface area contributed by atoms with E-state index in [4.69, 9.17) is 27.9 Å². The fourth-order valence-electron chi connectivity index (χ4n) is 2.74. The summed E-state index contributed by atoms with van der Waals surface area (Å²) in [6, 6.07) is 2.59. The van der Waals surface area contributed by atoms with E-state index in [1.165, 1.54) is 6.07 Å². The van der Waals surface area contributed by atoms with Gasteiger partial charge in [0.05, 0.1) is 17.2 Å². The van der Waals surface area contributed by atoms with Crippen molar-refractivity contribution in [2.24, 2.45) is 0 Å². The van der Waals surface area contributed by atoms with Crippen LogP contribution in [0.15, 0.2) is 16.9 Å². The van der Waals surface area contributed by atoms with Crippen LogP contribution in [0, 0.1) is 5.82 Å². The number of nitrogens with zero attached hydrogens (tertiary/aromatic N) is 2. The first-order valence-electron chi connectivity index (χ1n) is 7.16. The van der Waals surface area contributed by atoms with Crippen LogP contribution in [0.2, 0.25) is 10.2 Å². The standard InChI is InChI=1S/C15H15Cl2FN2O2/c1-2-22-12-7-9(11(18)8-10(12)16)13-14(17)19-5-3-4-6-20(19)15(13)21/h7-8H,2-6H2,1H3. The van der Waals surface area contributed by atoms with Gasteiger partial charge in [-0.3, -0.25) is 9.48 Å². The fourth-order valence-corrected chi connectivity index (χ4v) is 3.30. The van der Waals surface area contributed by atoms with E-state index in [-0.39, 0.29) is 26.9 Å². The maximum absolute atomic E-state index is 14.3. The van der Waals surface area contributed by atoms with Crippen molar-refractivity contribution >= 4 is 23.2 Å². The fraction of sp³-hybridized carbons (Fsp3) is 0.400. The maximum Gasteiger partial charge on any atom is 0.276 e. The first kappa shape index (κ1) is 15.4. The summed E-state index contributed by atoms with van der Waals surface area (Å²) in [5.41, 5.74) is 0.00399. The second-order valence-corrected chi connectivity index (χ2v) is 5.89. The highest BCUT2D eigenvalue weighted by Crippen LogP contribution is 2.35. The smallest absolute Gasteiger partial charge is 0.276 e. The molecule has 2 aromatic rings. The van der Waals surface area contributed by atoms with Crippen molar-refractivity contribution in [2.75, 3.05) is 6.61 Å². The molecule has 118 valence electrons. The highest BCUT2D eigenvalue weighted by atomic mass is 35.5. The third-order valence-electron chi connectivity index (χ3n) is 3.75. The predicted octanol–water partition coefficient (Wildman–Crippen LogP) is 3.96. The molecule has 0 spiro atoms. The van der Waals surface area contributed by atoms with Gasteiger partial charge in [-0.25, -0.2) is 9.07 Å². The van der Waals surface area contributed by atoms with Crippen molar-refractivity contribution in [3.8, 4) is 16.9 Å². The van der Waals surface area contributed by atoms with Crippen LogP contribution in [0.1, 0.15) is 19.8 Å². The van der Waals surface area contributed by atoms with E-state index in [2.05, 4.69) is 0 Å². The lowest BCUT2D eigenvalue weighted by atomic mass is 10.1. The Hall–Kier alpha value is -1.46. The predicted molar refractivity (Wildman–Crippen MR) is 84.5 cm³/mol. The highest BCUT2D eigenvalue weighted by molar-refractivity contribution is 6.33. The third kappa shape index (κ3) is 2.42. The van der Waals surface area contributed by atoms with Crippen LogP contribution in [0.3, 0.4) is 0 Å². The molecule has 2 heterocycles. The van der Waals surface area contributed by atoms with Crippen LogP contribution < -0.4 is 10.3 Å². The Morgan fingerprint density at radius 1 is 1.23 bits per heavy atom. The first-order chi connectivity index (χ1) is 10.5. The summed E-state index contributed by atoms with van der Waals surface area (Å²) < 4.78 is 23.0. The Morgan fingerprint density at radius 2 is 1.91 bits per heavy atom. The van der Waals surface area contributed by atoms with Gasteiger partial charge in [0, 0.05) is 18.7 Å². The van der Waals surface area contributed by atoms with E-state index in [1.807, 2.05) is 0 Å². The van der Waals surface area contributed by atoms with Gasteiger partial charge in [0.15, 0.2) is 0 Å². The van der Waals surface area contributed by atoms with Crippen molar-refractivity contribution in [3.63, 3.8) is 0 Å². The molecule has 0 bridgehead atoms. The number of fused-ring (bicyclic) bond motifs is 1. The summed E-state index contributed by atoms with van der Waals surface area (Å²) in [7, 11) is 0. The first-order valence-corrected chi connectivity index (χ1v) is 7.91. The van der Waals surface area contributed by atoms with Gasteiger partial charge in [-0.2, -0.15) is 0 Å². The average molecular weight is 345 g/mol. The topological polar surface area (TPSA) is 36.2 Å². The van der Waals surface area contributed by atoms with E-state index >= 15 is 0 Å². The molecule has 0 aliphatic carbocycles. The van der Waals surface area contributed by atoms with E-state index < -0.39 is 5.82 Å². The van der Waals surface area contributed by atoms with Gasteiger partial charge in [-0.15, -0.1) is 0 Å². The van der Waals surface area contributed by atoms with Crippen LogP contribution in [0.25, 0.3) is 11.1 Å². The maximum atomic E-state index is 14.3. The molecule has 1 aromatic heterocycles. The molecule has 0 saturated heterocycles. The molecule has 3 rings (SSSR count). The van der Waals surface area contributed by atoms with E-state index in [1.54, 1.807) is 16.3 Å². The largest absolute Gasteiger partial charge is 0.492 e. The molecule has 1 aliphatic heterocycles. The second kappa shape index (κ2) is 5.97. The number of hydrogen-bond donors (Lipinski definition) is 0. The molecule has 0 fully saturated rings. The quantitative estimate of drug-likeness (QED) is 0.844. The monoisotopic (exact) mass is 344 g/mol. The molecule has 1 aliphatic rings. The molecule has 22 heavy (non-hydrogen) atoms. The summed E-state index contributed by atoms with van der Waals surface area (Å²) in [6.07, 6.45) is 1.85. The molecule has 1 aromatic carbocycles. The molecule has 0 amide bonds. The van der Waals surface area contributed by atoms with E-state index in [0.29, 0.717) is 25.4 Å². The molecule has 0 N–H and O–H groups in total. The van der Waals surface area contributed by atoms with Gasteiger partial charge >= 0.3 is 0 Å². The van der Waals surface area contributed by atoms with Gasteiger partial charge in [-0.05, 0) is 31.9 Å². The Bertz CT molecular complexity index is 783. The Labute approximate surface area is 137 Å². The lowest BCUT2D eigenvalue weighted by molar-refractivity contribution is 0.340. The number of ether oxygens (including phenoxy) is 1. The zero-order valence-electron chi connectivity index (χ0n) is 12.0. The van der Waals surface area contributed by atoms with Gasteiger partial charge in [0.1, 0.15) is 16.7 Å². The third-order valence-corrected chi connectivity index (χ3v) is 4.43. The summed E-state index contributed by atoms with van der Waals surface area (Å²) in [5, 5.41) is 0.427. The highest BCUT2D eigenvalue weighted by Gasteiger charge is 2.25. The molecular weight excluding hydrogens is 330 g/mol. The van der Waals surface area contributed by atoms with Gasteiger partial charge in [-0.1, -0.05) is 23.2 Å². The lowest BCUT2D eigenvalue weighted by Gasteiger charge is -2.17.